The molecule has 0 spiro atoms. The summed E-state index contributed by atoms with van der Waals surface area (Å²) in [5.74, 6) is 0. The van der Waals surface area contributed by atoms with Gasteiger partial charge >= 0.3 is 0 Å². The summed E-state index contributed by atoms with van der Waals surface area (Å²) in [7, 11) is 0. The van der Waals surface area contributed by atoms with E-state index in [0.717, 1.165) is 13.1 Å². The zero-order valence-corrected chi connectivity index (χ0v) is 22.0. The van der Waals surface area contributed by atoms with Crippen LogP contribution in [0.2, 0.25) is 0 Å². The summed E-state index contributed by atoms with van der Waals surface area (Å²) >= 11 is 7.18. The van der Waals surface area contributed by atoms with E-state index in [2.05, 4.69) is 78.4 Å². The van der Waals surface area contributed by atoms with Crippen molar-refractivity contribution >= 4 is 32.3 Å². The second-order valence-electron chi connectivity index (χ2n) is 8.97. The molecule has 27 heavy (non-hydrogen) atoms. The molecule has 4 heteroatoms. The van der Waals surface area contributed by atoms with Gasteiger partial charge < -0.3 is 0 Å². The molecule has 0 aliphatic carbocycles. The lowest BCUT2D eigenvalue weighted by Gasteiger charge is -2.50. The van der Waals surface area contributed by atoms with E-state index < -0.39 is 0 Å². The largest absolute Gasteiger partial charge is 0.293 e. The molecule has 0 amide bonds. The Kier molecular flexibility index (Phi) is 15.8. The van der Waals surface area contributed by atoms with Gasteiger partial charge in [0.2, 0.25) is 0 Å². The van der Waals surface area contributed by atoms with Gasteiger partial charge in [-0.2, -0.15) is 2.95 Å². The highest BCUT2D eigenvalue weighted by atomic mass is 79.9. The average Bonchev–Trinajstić information content (AvgIpc) is 2.61. The molecule has 0 aromatic rings. The van der Waals surface area contributed by atoms with Gasteiger partial charge in [0.25, 0.3) is 0 Å². The molecule has 0 heterocycles. The zero-order chi connectivity index (χ0) is 20.8. The summed E-state index contributed by atoms with van der Waals surface area (Å²) in [5.41, 5.74) is -0.0287. The van der Waals surface area contributed by atoms with Gasteiger partial charge in [-0.1, -0.05) is 83.6 Å². The van der Waals surface area contributed by atoms with Gasteiger partial charge in [-0.15, -0.1) is 6.58 Å². The number of hydrogen-bond acceptors (Lipinski definition) is 2. The molecule has 0 aromatic heterocycles. The van der Waals surface area contributed by atoms with E-state index in [-0.39, 0.29) is 11.1 Å². The quantitative estimate of drug-likeness (QED) is 0.103. The number of unbranched alkanes of at least 4 members (excludes halogenated alkanes) is 11. The number of hydrogen-bond donors (Lipinski definition) is 0. The number of halogens is 2. The average molecular weight is 510 g/mol. The second-order valence-corrected chi connectivity index (χ2v) is 11.3. The molecule has 2 nitrogen and oxygen atoms in total. The monoisotopic (exact) mass is 508 g/mol. The first-order chi connectivity index (χ1) is 12.7. The Morgan fingerprint density at radius 1 is 0.704 bits per heavy atom. The molecule has 162 valence electrons. The normalized spacial score (nSPS) is 12.9. The topological polar surface area (TPSA) is 6.48 Å². The highest BCUT2D eigenvalue weighted by Crippen LogP contribution is 2.37. The maximum Gasteiger partial charge on any atom is 0.0553 e. The third-order valence-corrected chi connectivity index (χ3v) is 8.11. The lowest BCUT2D eigenvalue weighted by molar-refractivity contribution is 0.0413. The Hall–Kier alpha value is 0.620. The Morgan fingerprint density at radius 3 is 1.48 bits per heavy atom. The van der Waals surface area contributed by atoms with Crippen LogP contribution in [-0.2, 0) is 0 Å². The van der Waals surface area contributed by atoms with Crippen LogP contribution < -0.4 is 0 Å². The zero-order valence-electron chi connectivity index (χ0n) is 18.8. The third-order valence-electron chi connectivity index (χ3n) is 6.34. The summed E-state index contributed by atoms with van der Waals surface area (Å²) in [6.07, 6.45) is 18.8. The Labute approximate surface area is 188 Å². The van der Waals surface area contributed by atoms with E-state index in [1.165, 1.54) is 77.0 Å². The molecule has 0 aliphatic heterocycles. The fourth-order valence-corrected chi connectivity index (χ4v) is 4.36. The van der Waals surface area contributed by atoms with Crippen LogP contribution in [0.1, 0.15) is 112 Å². The summed E-state index contributed by atoms with van der Waals surface area (Å²) in [6, 6.07) is 0. The van der Waals surface area contributed by atoms with Crippen molar-refractivity contribution in [1.82, 2.24) is 7.85 Å². The molecule has 0 bridgehead atoms. The molecule has 0 atom stereocenters. The molecule has 0 saturated heterocycles. The Morgan fingerprint density at radius 2 is 1.11 bits per heavy atom. The van der Waals surface area contributed by atoms with Crippen molar-refractivity contribution in [2.45, 2.75) is 123 Å². The number of nitrogens with zero attached hydrogens (tertiary/aromatic N) is 2. The van der Waals surface area contributed by atoms with Crippen molar-refractivity contribution in [3.8, 4) is 0 Å². The van der Waals surface area contributed by atoms with Crippen molar-refractivity contribution in [1.29, 1.82) is 0 Å². The van der Waals surface area contributed by atoms with E-state index >= 15 is 0 Å². The SMILES string of the molecule is C=CCN(CCCCCCCCCCCCCC)C(C)(C)C(C)(C)N(Br)Br. The minimum atomic E-state index is -0.0485. The van der Waals surface area contributed by atoms with Crippen molar-refractivity contribution in [2.24, 2.45) is 0 Å². The molecular weight excluding hydrogens is 464 g/mol. The molecule has 0 unspecified atom stereocenters. The highest BCUT2D eigenvalue weighted by Gasteiger charge is 2.44. The minimum Gasteiger partial charge on any atom is -0.293 e. The lowest BCUT2D eigenvalue weighted by atomic mass is 9.81. The van der Waals surface area contributed by atoms with Crippen molar-refractivity contribution in [2.75, 3.05) is 13.1 Å². The van der Waals surface area contributed by atoms with Crippen LogP contribution in [-0.4, -0.2) is 32.0 Å². The van der Waals surface area contributed by atoms with Gasteiger partial charge in [0.05, 0.1) is 5.54 Å². The maximum absolute atomic E-state index is 3.97. The van der Waals surface area contributed by atoms with Gasteiger partial charge in [-0.25, -0.2) is 0 Å². The third kappa shape index (κ3) is 10.8. The van der Waals surface area contributed by atoms with Crippen molar-refractivity contribution in [3.05, 3.63) is 12.7 Å². The highest BCUT2D eigenvalue weighted by molar-refractivity contribution is 9.21. The molecule has 0 aromatic carbocycles. The van der Waals surface area contributed by atoms with E-state index in [4.69, 9.17) is 0 Å². The van der Waals surface area contributed by atoms with E-state index in [1.807, 2.05) is 9.03 Å². The van der Waals surface area contributed by atoms with E-state index in [9.17, 15) is 0 Å². The summed E-state index contributed by atoms with van der Waals surface area (Å²) < 4.78 is 1.98. The van der Waals surface area contributed by atoms with Gasteiger partial charge in [-0.3, -0.25) is 4.90 Å². The molecule has 0 rings (SSSR count). The fourth-order valence-electron chi connectivity index (χ4n) is 3.49. The van der Waals surface area contributed by atoms with E-state index in [1.54, 1.807) is 0 Å². The van der Waals surface area contributed by atoms with Crippen LogP contribution in [0.15, 0.2) is 12.7 Å². The van der Waals surface area contributed by atoms with Gasteiger partial charge in [-0.05, 0) is 40.7 Å². The first-order valence-electron chi connectivity index (χ1n) is 11.2. The van der Waals surface area contributed by atoms with Crippen LogP contribution in [0.25, 0.3) is 0 Å². The van der Waals surface area contributed by atoms with Crippen LogP contribution in [0.5, 0.6) is 0 Å². The minimum absolute atomic E-state index is 0.0198. The van der Waals surface area contributed by atoms with Crippen LogP contribution in [0, 0.1) is 0 Å². The molecule has 0 aliphatic rings. The van der Waals surface area contributed by atoms with Crippen molar-refractivity contribution < 1.29 is 0 Å². The predicted octanol–water partition coefficient (Wildman–Crippen LogP) is 8.65. The molecular formula is C23H46Br2N2. The van der Waals surface area contributed by atoms with Crippen LogP contribution in [0.4, 0.5) is 0 Å². The summed E-state index contributed by atoms with van der Waals surface area (Å²) in [4.78, 5) is 2.56. The van der Waals surface area contributed by atoms with Gasteiger partial charge in [0, 0.05) is 44.4 Å². The standard InChI is InChI=1S/C23H46Br2N2/c1-7-9-10-11-12-13-14-15-16-17-18-19-21-26(20-8-2)22(3,4)23(5,6)27(24)25/h8H,2,7,9-21H2,1,3-6H3. The van der Waals surface area contributed by atoms with E-state index in [0.29, 0.717) is 0 Å². The second kappa shape index (κ2) is 15.5. The predicted molar refractivity (Wildman–Crippen MR) is 131 cm³/mol. The van der Waals surface area contributed by atoms with Gasteiger partial charge in [0.15, 0.2) is 0 Å². The Bertz CT molecular complexity index is 367. The molecule has 0 fully saturated rings. The van der Waals surface area contributed by atoms with Crippen LogP contribution in [0.3, 0.4) is 0 Å². The lowest BCUT2D eigenvalue weighted by Crippen LogP contribution is -2.61. The summed E-state index contributed by atoms with van der Waals surface area (Å²) in [6.45, 7) is 17.5. The maximum atomic E-state index is 3.97. The molecule has 0 saturated carbocycles. The first kappa shape index (κ1) is 27.6. The van der Waals surface area contributed by atoms with Gasteiger partial charge in [0.1, 0.15) is 0 Å². The summed E-state index contributed by atoms with van der Waals surface area (Å²) in [5, 5.41) is 0. The first-order valence-corrected chi connectivity index (χ1v) is 12.6. The molecule has 0 radical (unpaired) electrons. The number of rotatable bonds is 18. The molecule has 0 N–H and O–H groups in total. The van der Waals surface area contributed by atoms with Crippen LogP contribution >= 0.6 is 32.3 Å². The Balaban J connectivity index is 3.99. The fraction of sp³-hybridized carbons (Fsp3) is 0.913. The smallest absolute Gasteiger partial charge is 0.0553 e. The van der Waals surface area contributed by atoms with Crippen molar-refractivity contribution in [3.63, 3.8) is 0 Å².